The molecule has 0 radical (unpaired) electrons. The zero-order chi connectivity index (χ0) is 8.59. The van der Waals surface area contributed by atoms with E-state index in [1.54, 1.807) is 0 Å². The molecule has 1 N–H and O–H groups in total. The quantitative estimate of drug-likeness (QED) is 0.496. The fourth-order valence-electron chi connectivity index (χ4n) is 1.05. The van der Waals surface area contributed by atoms with Crippen LogP contribution >= 0.6 is 22.9 Å². The summed E-state index contributed by atoms with van der Waals surface area (Å²) in [5, 5.41) is 0. The van der Waals surface area contributed by atoms with Gasteiger partial charge in [0, 0.05) is 5.56 Å². The van der Waals surface area contributed by atoms with Crippen LogP contribution in [-0.2, 0) is 0 Å². The Morgan fingerprint density at radius 2 is 1.82 bits per heavy atom. The van der Waals surface area contributed by atoms with E-state index in [9.17, 15) is 9.59 Å². The van der Waals surface area contributed by atoms with Crippen molar-refractivity contribution in [2.45, 2.75) is 19.8 Å². The Kier molecular flexibility index (Phi) is 2.31. The number of halogens is 1. The van der Waals surface area contributed by atoms with Gasteiger partial charge in [0.25, 0.3) is 0 Å². The van der Waals surface area contributed by atoms with Crippen molar-refractivity contribution < 1.29 is 0 Å². The van der Waals surface area contributed by atoms with Gasteiger partial charge in [-0.25, -0.2) is 0 Å². The Bertz CT molecular complexity index is 336. The van der Waals surface area contributed by atoms with Crippen LogP contribution in [0.15, 0.2) is 9.59 Å². The maximum Gasteiger partial charge on any atom is 0.250 e. The van der Waals surface area contributed by atoms with Gasteiger partial charge in [-0.1, -0.05) is 13.8 Å². The number of anilines is 1. The molecule has 0 spiro atoms. The normalized spacial score (nSPS) is 10.9. The highest BCUT2D eigenvalue weighted by Gasteiger charge is 2.21. The second-order valence-electron chi connectivity index (χ2n) is 2.70. The molecule has 0 saturated heterocycles. The summed E-state index contributed by atoms with van der Waals surface area (Å²) in [6.07, 6.45) is 0. The predicted molar refractivity (Wildman–Crippen MR) is 53.1 cm³/mol. The second-order valence-corrected chi connectivity index (χ2v) is 3.24. The number of rotatable bonds is 2. The molecule has 11 heavy (non-hydrogen) atoms. The summed E-state index contributed by atoms with van der Waals surface area (Å²) in [7, 11) is 0. The van der Waals surface area contributed by atoms with Crippen molar-refractivity contribution >= 4 is 28.6 Å². The third-order valence-corrected chi connectivity index (χ3v) is 2.16. The van der Waals surface area contributed by atoms with Gasteiger partial charge in [0.05, 0.1) is 22.9 Å². The maximum absolute atomic E-state index is 10.9. The van der Waals surface area contributed by atoms with E-state index >= 15 is 0 Å². The monoisotopic (exact) mass is 265 g/mol. The van der Waals surface area contributed by atoms with Crippen LogP contribution in [0.5, 0.6) is 0 Å². The molecule has 0 aliphatic rings. The van der Waals surface area contributed by atoms with Crippen LogP contribution < -0.4 is 14.4 Å². The van der Waals surface area contributed by atoms with Crippen LogP contribution in [0.1, 0.15) is 25.3 Å². The highest BCUT2D eigenvalue weighted by atomic mass is 127. The second kappa shape index (κ2) is 2.92. The number of nitrogens with one attached hydrogen (secondary N) is 1. The summed E-state index contributed by atoms with van der Waals surface area (Å²) in [6.45, 7) is 3.79. The number of hydrogen-bond acceptors (Lipinski definition) is 3. The van der Waals surface area contributed by atoms with Gasteiger partial charge in [0.15, 0.2) is 0 Å². The minimum absolute atomic E-state index is 0.137. The summed E-state index contributed by atoms with van der Waals surface area (Å²) >= 11 is 1.86. The molecule has 1 aromatic rings. The Hall–Kier alpha value is -0.390. The van der Waals surface area contributed by atoms with Crippen LogP contribution in [0, 0.1) is 0 Å². The van der Waals surface area contributed by atoms with Crippen molar-refractivity contribution in [3.63, 3.8) is 0 Å². The fraction of sp³-hybridized carbons (Fsp3) is 0.429. The summed E-state index contributed by atoms with van der Waals surface area (Å²) in [5.74, 6) is 0.137. The SMILES string of the molecule is CC(C)c1c(NI)c(=O)c1=O. The number of hydrogen-bond donors (Lipinski definition) is 1. The standard InChI is InChI=1S/C7H8INO2/c1-3(2)4-5(9-8)7(11)6(4)10/h3,9H,1-2H3. The molecule has 0 saturated carbocycles. The Morgan fingerprint density at radius 1 is 1.27 bits per heavy atom. The van der Waals surface area contributed by atoms with Gasteiger partial charge in [-0.2, -0.15) is 0 Å². The van der Waals surface area contributed by atoms with Crippen molar-refractivity contribution in [3.8, 4) is 0 Å². The molecule has 3 nitrogen and oxygen atoms in total. The molecule has 0 aromatic heterocycles. The Labute approximate surface area is 78.0 Å². The topological polar surface area (TPSA) is 46.2 Å². The first-order valence-corrected chi connectivity index (χ1v) is 4.37. The van der Waals surface area contributed by atoms with Gasteiger partial charge in [0.2, 0.25) is 10.9 Å². The summed E-state index contributed by atoms with van der Waals surface area (Å²) < 4.78 is 2.69. The first-order chi connectivity index (χ1) is 5.09. The molecular weight excluding hydrogens is 257 g/mol. The van der Waals surface area contributed by atoms with Gasteiger partial charge in [0.1, 0.15) is 5.69 Å². The van der Waals surface area contributed by atoms with E-state index in [2.05, 4.69) is 3.53 Å². The van der Waals surface area contributed by atoms with E-state index in [0.29, 0.717) is 11.3 Å². The molecule has 0 heterocycles. The van der Waals surface area contributed by atoms with Crippen molar-refractivity contribution in [2.75, 3.05) is 3.53 Å². The molecule has 0 unspecified atom stereocenters. The third-order valence-electron chi connectivity index (χ3n) is 1.62. The predicted octanol–water partition coefficient (Wildman–Crippen LogP) is 1.17. The summed E-state index contributed by atoms with van der Waals surface area (Å²) in [6, 6.07) is 0. The van der Waals surface area contributed by atoms with E-state index in [0.717, 1.165) is 0 Å². The summed E-state index contributed by atoms with van der Waals surface area (Å²) in [5.41, 5.74) is 0.386. The van der Waals surface area contributed by atoms with Crippen LogP contribution in [0.2, 0.25) is 0 Å². The van der Waals surface area contributed by atoms with Crippen molar-refractivity contribution in [2.24, 2.45) is 0 Å². The molecule has 0 amide bonds. The zero-order valence-corrected chi connectivity index (χ0v) is 8.43. The van der Waals surface area contributed by atoms with E-state index in [1.807, 2.05) is 36.7 Å². The molecule has 1 aromatic carbocycles. The van der Waals surface area contributed by atoms with Gasteiger partial charge in [-0.3, -0.25) is 9.59 Å². The third kappa shape index (κ3) is 1.19. The lowest BCUT2D eigenvalue weighted by Crippen LogP contribution is -2.37. The Balaban J connectivity index is 3.19. The first kappa shape index (κ1) is 8.70. The van der Waals surface area contributed by atoms with E-state index in [-0.39, 0.29) is 16.8 Å². The van der Waals surface area contributed by atoms with E-state index in [4.69, 9.17) is 0 Å². The van der Waals surface area contributed by atoms with Crippen LogP contribution in [0.25, 0.3) is 0 Å². The highest BCUT2D eigenvalue weighted by Crippen LogP contribution is 2.19. The fourth-order valence-corrected chi connectivity index (χ4v) is 1.59. The molecule has 0 bridgehead atoms. The Morgan fingerprint density at radius 3 is 2.09 bits per heavy atom. The average molecular weight is 265 g/mol. The molecule has 60 valence electrons. The minimum Gasteiger partial charge on any atom is -0.325 e. The van der Waals surface area contributed by atoms with Crippen molar-refractivity contribution in [1.82, 2.24) is 0 Å². The van der Waals surface area contributed by atoms with Crippen molar-refractivity contribution in [3.05, 3.63) is 26.0 Å². The van der Waals surface area contributed by atoms with Crippen LogP contribution in [-0.4, -0.2) is 0 Å². The molecule has 4 heteroatoms. The lowest BCUT2D eigenvalue weighted by molar-refractivity contribution is 0.846. The molecule has 0 atom stereocenters. The van der Waals surface area contributed by atoms with Gasteiger partial charge >= 0.3 is 0 Å². The molecule has 0 aliphatic heterocycles. The molecule has 0 fully saturated rings. The molecule has 1 rings (SSSR count). The summed E-state index contributed by atoms with van der Waals surface area (Å²) in [4.78, 5) is 21.8. The lowest BCUT2D eigenvalue weighted by atomic mass is 9.97. The largest absolute Gasteiger partial charge is 0.325 e. The first-order valence-electron chi connectivity index (χ1n) is 3.29. The smallest absolute Gasteiger partial charge is 0.250 e. The van der Waals surface area contributed by atoms with E-state index < -0.39 is 0 Å². The lowest BCUT2D eigenvalue weighted by Gasteiger charge is -2.11. The molecular formula is C7H8INO2. The minimum atomic E-state index is -0.386. The average Bonchev–Trinajstić information content (AvgIpc) is 1.96. The van der Waals surface area contributed by atoms with Crippen molar-refractivity contribution in [1.29, 1.82) is 0 Å². The van der Waals surface area contributed by atoms with Crippen LogP contribution in [0.3, 0.4) is 0 Å². The maximum atomic E-state index is 10.9. The van der Waals surface area contributed by atoms with Crippen LogP contribution in [0.4, 0.5) is 5.69 Å². The zero-order valence-electron chi connectivity index (χ0n) is 6.27. The van der Waals surface area contributed by atoms with Gasteiger partial charge < -0.3 is 3.53 Å². The van der Waals surface area contributed by atoms with Gasteiger partial charge in [-0.15, -0.1) is 0 Å². The highest BCUT2D eigenvalue weighted by molar-refractivity contribution is 14.1. The van der Waals surface area contributed by atoms with Gasteiger partial charge in [-0.05, 0) is 5.92 Å². The molecule has 0 aliphatic carbocycles. The van der Waals surface area contributed by atoms with E-state index in [1.165, 1.54) is 0 Å².